The number of fused-ring (bicyclic) bond motifs is 2. The molecule has 10 heteroatoms. The van der Waals surface area contributed by atoms with Crippen LogP contribution in [-0.2, 0) is 7.05 Å². The largest absolute Gasteiger partial charge is 0.477 e. The molecule has 26 heavy (non-hydrogen) atoms. The Balaban J connectivity index is 2.25. The summed E-state index contributed by atoms with van der Waals surface area (Å²) >= 11 is 1.24. The van der Waals surface area contributed by atoms with Crippen molar-refractivity contribution >= 4 is 44.8 Å². The number of thiophene rings is 1. The van der Waals surface area contributed by atoms with Crippen molar-refractivity contribution in [1.82, 2.24) is 14.1 Å². The monoisotopic (exact) mass is 374 g/mol. The number of nitrogens with one attached hydrogen (secondary N) is 2. The highest BCUT2D eigenvalue weighted by Crippen LogP contribution is 2.30. The minimum atomic E-state index is -1.31. The molecule has 3 heterocycles. The number of aromatic nitrogens is 3. The fourth-order valence-electron chi connectivity index (χ4n) is 3.10. The molecule has 0 saturated heterocycles. The summed E-state index contributed by atoms with van der Waals surface area (Å²) in [6.45, 7) is 0. The molecule has 0 fully saturated rings. The van der Waals surface area contributed by atoms with Crippen LogP contribution in [0.3, 0.4) is 0 Å². The van der Waals surface area contributed by atoms with Crippen LogP contribution in [-0.4, -0.2) is 25.2 Å². The maximum Gasteiger partial charge on any atom is 0.354 e. The number of H-pyrrole nitrogens is 1. The van der Waals surface area contributed by atoms with Crippen LogP contribution >= 0.6 is 11.3 Å². The highest BCUT2D eigenvalue weighted by atomic mass is 32.1. The van der Waals surface area contributed by atoms with Crippen molar-refractivity contribution in [3.63, 3.8) is 0 Å². The first-order valence-electron chi connectivity index (χ1n) is 7.38. The third-order valence-electron chi connectivity index (χ3n) is 4.25. The van der Waals surface area contributed by atoms with E-state index in [1.807, 2.05) is 0 Å². The Morgan fingerprint density at radius 3 is 2.73 bits per heavy atom. The summed E-state index contributed by atoms with van der Waals surface area (Å²) < 4.78 is 15.0. The van der Waals surface area contributed by atoms with Crippen molar-refractivity contribution in [3.8, 4) is 5.69 Å². The lowest BCUT2D eigenvalue weighted by atomic mass is 10.2. The van der Waals surface area contributed by atoms with Gasteiger partial charge in [0, 0.05) is 23.2 Å². The van der Waals surface area contributed by atoms with E-state index >= 15 is 0 Å². The molecule has 0 radical (unpaired) electrons. The maximum absolute atomic E-state index is 12.9. The lowest BCUT2D eigenvalue weighted by molar-refractivity contribution is 0.0687. The van der Waals surface area contributed by atoms with Gasteiger partial charge in [0.1, 0.15) is 0 Å². The molecule has 8 nitrogen and oxygen atoms in total. The quantitative estimate of drug-likeness (QED) is 0.477. The van der Waals surface area contributed by atoms with Gasteiger partial charge in [0.25, 0.3) is 5.56 Å². The van der Waals surface area contributed by atoms with E-state index < -0.39 is 17.2 Å². The number of aryl methyl sites for hydroxylation is 1. The third-order valence-corrected chi connectivity index (χ3v) is 4.99. The molecule has 4 aromatic rings. The second-order valence-corrected chi connectivity index (χ2v) is 6.40. The first-order chi connectivity index (χ1) is 12.4. The molecular weight excluding hydrogens is 363 g/mol. The molecule has 132 valence electrons. The molecule has 0 bridgehead atoms. The third kappa shape index (κ3) is 2.09. The molecule has 0 aliphatic heterocycles. The fraction of sp³-hybridized carbons (Fsp3) is 0.0625. The summed E-state index contributed by atoms with van der Waals surface area (Å²) in [5.74, 6) is -1.31. The predicted molar refractivity (Wildman–Crippen MR) is 96.2 cm³/mol. The van der Waals surface area contributed by atoms with Crippen molar-refractivity contribution < 1.29 is 14.4 Å². The van der Waals surface area contributed by atoms with Crippen LogP contribution in [0.5, 0.6) is 0 Å². The number of halogens is 1. The Labute approximate surface area is 147 Å². The van der Waals surface area contributed by atoms with Gasteiger partial charge < -0.3 is 14.7 Å². The fourth-order valence-corrected chi connectivity index (χ4v) is 3.86. The van der Waals surface area contributed by atoms with Crippen molar-refractivity contribution in [1.29, 1.82) is 0 Å². The van der Waals surface area contributed by atoms with E-state index in [2.05, 4.69) is 4.98 Å². The van der Waals surface area contributed by atoms with E-state index in [-0.39, 0.29) is 27.8 Å². The number of aromatic carboxylic acids is 1. The number of rotatable bonds is 3. The number of carboxylic acid groups (broad SMARTS) is 1. The molecule has 1 aromatic carbocycles. The molecule has 0 saturated carbocycles. The molecule has 0 spiro atoms. The molecular formula is C16H11FN4O4S. The highest BCUT2D eigenvalue weighted by molar-refractivity contribution is 7.09. The summed E-state index contributed by atoms with van der Waals surface area (Å²) in [7, 11) is 1.50. The first-order valence-corrected chi connectivity index (χ1v) is 8.32. The zero-order valence-electron chi connectivity index (χ0n) is 13.2. The molecule has 4 rings (SSSR count). The van der Waals surface area contributed by atoms with Crippen LogP contribution in [0.1, 0.15) is 10.5 Å². The normalized spacial score (nSPS) is 11.3. The predicted octanol–water partition coefficient (Wildman–Crippen LogP) is 2.23. The van der Waals surface area contributed by atoms with Crippen LogP contribution in [0.2, 0.25) is 0 Å². The lowest BCUT2D eigenvalue weighted by Gasteiger charge is -2.06. The Bertz CT molecular complexity index is 1310. The van der Waals surface area contributed by atoms with Crippen molar-refractivity contribution in [2.45, 2.75) is 0 Å². The molecule has 0 amide bonds. The minimum absolute atomic E-state index is 0.0716. The SMILES string of the molecule is Cn1c(C(=O)O)c(-n2c(=O)[nH]c3cscc3c2=O)c2cc(NF)ccc21. The second kappa shape index (κ2) is 5.56. The van der Waals surface area contributed by atoms with Crippen LogP contribution < -0.4 is 16.8 Å². The summed E-state index contributed by atoms with van der Waals surface area (Å²) in [6, 6.07) is 4.28. The number of benzene rings is 1. The van der Waals surface area contributed by atoms with Crippen LogP contribution in [0.15, 0.2) is 38.5 Å². The summed E-state index contributed by atoms with van der Waals surface area (Å²) in [5, 5.41) is 13.4. The molecule has 3 aromatic heterocycles. The van der Waals surface area contributed by atoms with Gasteiger partial charge in [-0.05, 0) is 18.2 Å². The van der Waals surface area contributed by atoms with Crippen LogP contribution in [0.25, 0.3) is 27.5 Å². The lowest BCUT2D eigenvalue weighted by Crippen LogP contribution is -2.34. The van der Waals surface area contributed by atoms with Gasteiger partial charge in [-0.3, -0.25) is 4.79 Å². The van der Waals surface area contributed by atoms with Gasteiger partial charge in [-0.25, -0.2) is 19.7 Å². The van der Waals surface area contributed by atoms with E-state index in [0.717, 1.165) is 4.57 Å². The van der Waals surface area contributed by atoms with E-state index in [1.165, 1.54) is 46.7 Å². The number of nitrogens with zero attached hydrogens (tertiary/aromatic N) is 2. The number of carbonyl (C=O) groups is 1. The number of hydrogen-bond donors (Lipinski definition) is 3. The van der Waals surface area contributed by atoms with E-state index in [4.69, 9.17) is 0 Å². The number of carboxylic acids is 1. The van der Waals surface area contributed by atoms with Crippen molar-refractivity contribution in [2.24, 2.45) is 7.05 Å². The molecule has 3 N–H and O–H groups in total. The van der Waals surface area contributed by atoms with Crippen LogP contribution in [0, 0.1) is 0 Å². The van der Waals surface area contributed by atoms with Crippen molar-refractivity contribution in [3.05, 3.63) is 55.5 Å². The van der Waals surface area contributed by atoms with E-state index in [9.17, 15) is 24.0 Å². The number of aromatic amines is 1. The zero-order chi connectivity index (χ0) is 18.6. The highest BCUT2D eigenvalue weighted by Gasteiger charge is 2.25. The standard InChI is InChI=1S/C16H11FN4O4S/c1-20-11-3-2-7(19-17)4-8(11)12(13(20)15(23)24)21-14(22)9-5-26-6-10(9)18-16(21)25/h2-6,19H,1H3,(H,18,25)(H,23,24). The van der Waals surface area contributed by atoms with Gasteiger partial charge in [-0.2, -0.15) is 0 Å². The summed E-state index contributed by atoms with van der Waals surface area (Å²) in [6.07, 6.45) is 0. The number of anilines is 1. The van der Waals surface area contributed by atoms with Crippen molar-refractivity contribution in [2.75, 3.05) is 5.54 Å². The topological polar surface area (TPSA) is 109 Å². The molecule has 0 unspecified atom stereocenters. The summed E-state index contributed by atoms with van der Waals surface area (Å²) in [5.41, 5.74) is 0.605. The van der Waals surface area contributed by atoms with Crippen LogP contribution in [0.4, 0.5) is 10.2 Å². The average Bonchev–Trinajstić information content (AvgIpc) is 3.18. The average molecular weight is 374 g/mol. The van der Waals surface area contributed by atoms with E-state index in [0.29, 0.717) is 11.0 Å². The second-order valence-electron chi connectivity index (χ2n) is 5.66. The number of hydrogen-bond acceptors (Lipinski definition) is 5. The van der Waals surface area contributed by atoms with Gasteiger partial charge in [0.15, 0.2) is 5.69 Å². The molecule has 0 aliphatic carbocycles. The Morgan fingerprint density at radius 1 is 1.27 bits per heavy atom. The Morgan fingerprint density at radius 2 is 2.04 bits per heavy atom. The van der Waals surface area contributed by atoms with Gasteiger partial charge in [0.05, 0.1) is 27.8 Å². The smallest absolute Gasteiger partial charge is 0.354 e. The van der Waals surface area contributed by atoms with Gasteiger partial charge in [-0.1, -0.05) is 0 Å². The van der Waals surface area contributed by atoms with Gasteiger partial charge >= 0.3 is 11.7 Å². The first kappa shape index (κ1) is 16.1. The van der Waals surface area contributed by atoms with E-state index in [1.54, 1.807) is 10.8 Å². The Hall–Kier alpha value is -3.40. The van der Waals surface area contributed by atoms with Gasteiger partial charge in [0.2, 0.25) is 0 Å². The minimum Gasteiger partial charge on any atom is -0.477 e. The van der Waals surface area contributed by atoms with Gasteiger partial charge in [-0.15, -0.1) is 15.8 Å². The molecule has 0 atom stereocenters. The maximum atomic E-state index is 12.9. The summed E-state index contributed by atoms with van der Waals surface area (Å²) in [4.78, 5) is 39.8. The zero-order valence-corrected chi connectivity index (χ0v) is 14.1. The Kier molecular flexibility index (Phi) is 3.44. The molecule has 0 aliphatic rings.